The lowest BCUT2D eigenvalue weighted by molar-refractivity contribution is 0.0942. The van der Waals surface area contributed by atoms with Crippen molar-refractivity contribution in [2.75, 3.05) is 0 Å². The van der Waals surface area contributed by atoms with Gasteiger partial charge in [0.05, 0.1) is 11.1 Å². The molecular weight excluding hydrogens is 412 g/mol. The first-order valence-electron chi connectivity index (χ1n) is 9.63. The Hall–Kier alpha value is -4.74. The first-order valence-corrected chi connectivity index (χ1v) is 9.63. The van der Waals surface area contributed by atoms with Gasteiger partial charge in [0, 0.05) is 25.5 Å². The van der Waals surface area contributed by atoms with Crippen molar-refractivity contribution in [1.29, 1.82) is 0 Å². The number of aromatic nitrogens is 8. The van der Waals surface area contributed by atoms with Gasteiger partial charge in [-0.15, -0.1) is 10.2 Å². The number of aromatic amines is 2. The van der Waals surface area contributed by atoms with Gasteiger partial charge in [0.15, 0.2) is 0 Å². The predicted octanol–water partition coefficient (Wildman–Crippen LogP) is 0.879. The quantitative estimate of drug-likeness (QED) is 0.309. The fourth-order valence-corrected chi connectivity index (χ4v) is 3.07. The number of carbonyl (C=O) groups excluding carboxylic acids is 2. The molecule has 0 aliphatic heterocycles. The van der Waals surface area contributed by atoms with E-state index < -0.39 is 0 Å². The molecule has 0 aliphatic carbocycles. The van der Waals surface area contributed by atoms with Crippen molar-refractivity contribution >= 4 is 34.1 Å². The summed E-state index contributed by atoms with van der Waals surface area (Å²) in [6.45, 7) is 0.706. The van der Waals surface area contributed by atoms with E-state index in [0.717, 1.165) is 11.1 Å². The number of rotatable bonds is 6. The van der Waals surface area contributed by atoms with E-state index in [1.54, 1.807) is 12.1 Å². The summed E-state index contributed by atoms with van der Waals surface area (Å²) >= 11 is 0. The van der Waals surface area contributed by atoms with E-state index in [2.05, 4.69) is 51.4 Å². The molecule has 4 heterocycles. The first-order chi connectivity index (χ1) is 15.7. The minimum absolute atomic E-state index is 0.253. The molecule has 1 aromatic carbocycles. The van der Waals surface area contributed by atoms with Crippen LogP contribution in [0.25, 0.3) is 22.3 Å². The molecule has 0 unspecified atom stereocenters. The largest absolute Gasteiger partial charge is 0.348 e. The molecule has 0 atom stereocenters. The molecule has 32 heavy (non-hydrogen) atoms. The van der Waals surface area contributed by atoms with Crippen LogP contribution in [0.1, 0.15) is 31.8 Å². The molecule has 4 aromatic heterocycles. The van der Waals surface area contributed by atoms with Gasteiger partial charge in [0.1, 0.15) is 11.0 Å². The summed E-state index contributed by atoms with van der Waals surface area (Å²) in [7, 11) is 0. The highest BCUT2D eigenvalue weighted by molar-refractivity contribution is 5.96. The number of hydrogen-bond acceptors (Lipinski definition) is 8. The van der Waals surface area contributed by atoms with Gasteiger partial charge >= 0.3 is 0 Å². The van der Waals surface area contributed by atoms with Crippen molar-refractivity contribution in [3.8, 4) is 0 Å². The summed E-state index contributed by atoms with van der Waals surface area (Å²) in [5, 5.41) is 26.2. The van der Waals surface area contributed by atoms with Gasteiger partial charge < -0.3 is 10.6 Å². The average Bonchev–Trinajstić information content (AvgIpc) is 3.49. The van der Waals surface area contributed by atoms with E-state index in [1.165, 1.54) is 12.4 Å². The third-order valence-electron chi connectivity index (χ3n) is 4.80. The molecule has 0 radical (unpaired) electrons. The second kappa shape index (κ2) is 8.18. The second-order valence-electron chi connectivity index (χ2n) is 6.96. The average molecular weight is 428 g/mol. The maximum atomic E-state index is 12.4. The Bertz CT molecular complexity index is 1310. The number of carbonyl (C=O) groups is 2. The standard InChI is InChI=1S/C20H16N10O2/c31-19(13-5-15-17(21-9-13)27-29-25-15)23-7-11-1-2-12(4-3-11)8-24-20(32)14-6-16-18(22-10-14)28-30-26-16/h1-6,9-10H,7-8H2,(H,23,31)(H,24,32)(H,21,25,27,29)(H,22,26,28,30). The van der Waals surface area contributed by atoms with Gasteiger partial charge in [0.25, 0.3) is 11.8 Å². The van der Waals surface area contributed by atoms with Gasteiger partial charge in [-0.05, 0) is 23.3 Å². The van der Waals surface area contributed by atoms with Crippen LogP contribution in [0, 0.1) is 0 Å². The lowest BCUT2D eigenvalue weighted by atomic mass is 10.1. The molecular formula is C20H16N10O2. The van der Waals surface area contributed by atoms with Crippen molar-refractivity contribution in [3.63, 3.8) is 0 Å². The van der Waals surface area contributed by atoms with Crippen molar-refractivity contribution in [2.45, 2.75) is 13.1 Å². The summed E-state index contributed by atoms with van der Waals surface area (Å²) in [5.74, 6) is -0.507. The van der Waals surface area contributed by atoms with Gasteiger partial charge in [-0.25, -0.2) is 9.97 Å². The minimum Gasteiger partial charge on any atom is -0.348 e. The van der Waals surface area contributed by atoms with Crippen LogP contribution in [0.4, 0.5) is 0 Å². The molecule has 0 aliphatic rings. The third-order valence-corrected chi connectivity index (χ3v) is 4.80. The van der Waals surface area contributed by atoms with Crippen molar-refractivity contribution in [3.05, 3.63) is 71.0 Å². The molecule has 0 fully saturated rings. The normalized spacial score (nSPS) is 11.0. The van der Waals surface area contributed by atoms with E-state index in [1.807, 2.05) is 24.3 Å². The molecule has 0 spiro atoms. The Labute approximate surface area is 179 Å². The number of amides is 2. The van der Waals surface area contributed by atoms with Crippen LogP contribution in [0.3, 0.4) is 0 Å². The van der Waals surface area contributed by atoms with Crippen molar-refractivity contribution < 1.29 is 9.59 Å². The fourth-order valence-electron chi connectivity index (χ4n) is 3.07. The van der Waals surface area contributed by atoms with E-state index in [0.29, 0.717) is 46.5 Å². The van der Waals surface area contributed by atoms with E-state index >= 15 is 0 Å². The van der Waals surface area contributed by atoms with Crippen LogP contribution >= 0.6 is 0 Å². The lowest BCUT2D eigenvalue weighted by Crippen LogP contribution is -2.23. The summed E-state index contributed by atoms with van der Waals surface area (Å²) < 4.78 is 0. The Balaban J connectivity index is 1.15. The monoisotopic (exact) mass is 428 g/mol. The van der Waals surface area contributed by atoms with Crippen LogP contribution in [0.15, 0.2) is 48.8 Å². The number of nitrogens with zero attached hydrogens (tertiary/aromatic N) is 6. The molecule has 5 aromatic rings. The third kappa shape index (κ3) is 3.96. The topological polar surface area (TPSA) is 167 Å². The number of hydrogen-bond donors (Lipinski definition) is 4. The number of H-pyrrole nitrogens is 2. The van der Waals surface area contributed by atoms with Crippen LogP contribution in [0.5, 0.6) is 0 Å². The predicted molar refractivity (Wildman–Crippen MR) is 112 cm³/mol. The maximum absolute atomic E-state index is 12.4. The SMILES string of the molecule is O=C(NCc1ccc(CNC(=O)c2cnc3n[nH]nc3c2)cc1)c1cnc2n[nH]nc2c1. The smallest absolute Gasteiger partial charge is 0.253 e. The van der Waals surface area contributed by atoms with E-state index in [4.69, 9.17) is 0 Å². The van der Waals surface area contributed by atoms with Gasteiger partial charge in [-0.2, -0.15) is 20.6 Å². The number of pyridine rings is 2. The Kier molecular flexibility index (Phi) is 4.92. The number of benzene rings is 1. The highest BCUT2D eigenvalue weighted by Gasteiger charge is 2.10. The molecule has 0 saturated heterocycles. The summed E-state index contributed by atoms with van der Waals surface area (Å²) in [5.41, 5.74) is 4.63. The van der Waals surface area contributed by atoms with Crippen LogP contribution < -0.4 is 10.6 Å². The number of fused-ring (bicyclic) bond motifs is 2. The summed E-state index contributed by atoms with van der Waals surface area (Å²) in [6, 6.07) is 10.8. The Morgan fingerprint density at radius 3 is 1.56 bits per heavy atom. The second-order valence-corrected chi connectivity index (χ2v) is 6.96. The lowest BCUT2D eigenvalue weighted by Gasteiger charge is -2.08. The van der Waals surface area contributed by atoms with E-state index in [-0.39, 0.29) is 11.8 Å². The minimum atomic E-state index is -0.253. The zero-order chi connectivity index (χ0) is 21.9. The number of nitrogens with one attached hydrogen (secondary N) is 4. The van der Waals surface area contributed by atoms with Gasteiger partial charge in [-0.3, -0.25) is 9.59 Å². The molecule has 2 amide bonds. The molecule has 0 saturated carbocycles. The summed E-state index contributed by atoms with van der Waals surface area (Å²) in [4.78, 5) is 32.9. The first kappa shape index (κ1) is 19.2. The zero-order valence-electron chi connectivity index (χ0n) is 16.5. The highest BCUT2D eigenvalue weighted by atomic mass is 16.2. The highest BCUT2D eigenvalue weighted by Crippen LogP contribution is 2.10. The van der Waals surface area contributed by atoms with Crippen LogP contribution in [0.2, 0.25) is 0 Å². The Morgan fingerprint density at radius 1 is 0.688 bits per heavy atom. The molecule has 4 N–H and O–H groups in total. The van der Waals surface area contributed by atoms with Gasteiger partial charge in [-0.1, -0.05) is 24.3 Å². The summed E-state index contributed by atoms with van der Waals surface area (Å²) in [6.07, 6.45) is 2.92. The Morgan fingerprint density at radius 2 is 1.12 bits per heavy atom. The molecule has 12 heteroatoms. The van der Waals surface area contributed by atoms with E-state index in [9.17, 15) is 9.59 Å². The van der Waals surface area contributed by atoms with Crippen molar-refractivity contribution in [1.82, 2.24) is 51.4 Å². The van der Waals surface area contributed by atoms with Crippen LogP contribution in [-0.4, -0.2) is 52.6 Å². The zero-order valence-corrected chi connectivity index (χ0v) is 16.5. The molecule has 12 nitrogen and oxygen atoms in total. The molecule has 5 rings (SSSR count). The fraction of sp³-hybridized carbons (Fsp3) is 0.100. The maximum Gasteiger partial charge on any atom is 0.253 e. The molecule has 0 bridgehead atoms. The van der Waals surface area contributed by atoms with Crippen molar-refractivity contribution in [2.24, 2.45) is 0 Å². The van der Waals surface area contributed by atoms with Gasteiger partial charge in [0.2, 0.25) is 11.3 Å². The van der Waals surface area contributed by atoms with Crippen LogP contribution in [-0.2, 0) is 13.1 Å². The molecule has 158 valence electrons.